The van der Waals surface area contributed by atoms with E-state index < -0.39 is 11.8 Å². The van der Waals surface area contributed by atoms with Crippen LogP contribution in [0.1, 0.15) is 47.0 Å². The number of carbonyl (C=O) groups is 2. The maximum atomic E-state index is 13.1. The molecule has 9 nitrogen and oxygen atoms in total. The van der Waals surface area contributed by atoms with Gasteiger partial charge in [-0.1, -0.05) is 24.3 Å². The van der Waals surface area contributed by atoms with Crippen molar-refractivity contribution in [3.05, 3.63) is 71.2 Å². The smallest absolute Gasteiger partial charge is 0.287 e. The van der Waals surface area contributed by atoms with E-state index in [0.29, 0.717) is 5.69 Å². The molecule has 0 radical (unpaired) electrons. The molecule has 154 valence electrons. The van der Waals surface area contributed by atoms with Crippen LogP contribution in [0, 0.1) is 17.1 Å². The third kappa shape index (κ3) is 5.08. The molecule has 0 saturated carbocycles. The van der Waals surface area contributed by atoms with E-state index in [1.807, 2.05) is 6.92 Å². The number of hydrogen-bond donors (Lipinski definition) is 2. The van der Waals surface area contributed by atoms with Crippen LogP contribution in [0.5, 0.6) is 0 Å². The molecular formula is C20H19FN6O3. The summed E-state index contributed by atoms with van der Waals surface area (Å²) in [5.41, 5.74) is 1.44. The van der Waals surface area contributed by atoms with E-state index in [2.05, 4.69) is 20.9 Å². The molecule has 0 aliphatic rings. The number of halogens is 1. The highest BCUT2D eigenvalue weighted by atomic mass is 19.1. The van der Waals surface area contributed by atoms with E-state index in [1.54, 1.807) is 29.1 Å². The SMILES string of the molecule is CC[C@H](c1ccc(F)cc1)n1cc(CNC(=O)CNC(=O)c2ccc(C#N)o2)nn1. The minimum atomic E-state index is -0.595. The normalized spacial score (nSPS) is 11.5. The molecule has 1 aromatic carbocycles. The molecule has 0 unspecified atom stereocenters. The number of nitrogens with zero attached hydrogens (tertiary/aromatic N) is 4. The van der Waals surface area contributed by atoms with Crippen LogP contribution in [0.25, 0.3) is 0 Å². The predicted molar refractivity (Wildman–Crippen MR) is 102 cm³/mol. The fourth-order valence-electron chi connectivity index (χ4n) is 2.83. The fraction of sp³-hybridized carbons (Fsp3) is 0.250. The molecule has 0 fully saturated rings. The third-order valence-corrected chi connectivity index (χ3v) is 4.33. The molecule has 2 N–H and O–H groups in total. The predicted octanol–water partition coefficient (Wildman–Crippen LogP) is 1.93. The molecule has 0 bridgehead atoms. The summed E-state index contributed by atoms with van der Waals surface area (Å²) < 4.78 is 19.8. The van der Waals surface area contributed by atoms with Crippen LogP contribution in [0.15, 0.2) is 47.0 Å². The Bertz CT molecular complexity index is 1070. The van der Waals surface area contributed by atoms with E-state index in [-0.39, 0.29) is 36.5 Å². The molecule has 0 aliphatic heterocycles. The molecule has 0 saturated heterocycles. The highest BCUT2D eigenvalue weighted by molar-refractivity contribution is 5.94. The van der Waals surface area contributed by atoms with Gasteiger partial charge in [-0.3, -0.25) is 9.59 Å². The van der Waals surface area contributed by atoms with Gasteiger partial charge in [0, 0.05) is 0 Å². The number of benzene rings is 1. The summed E-state index contributed by atoms with van der Waals surface area (Å²) in [6.45, 7) is 1.86. The van der Waals surface area contributed by atoms with Crippen molar-refractivity contribution in [3.63, 3.8) is 0 Å². The number of hydrogen-bond acceptors (Lipinski definition) is 6. The highest BCUT2D eigenvalue weighted by Gasteiger charge is 2.15. The van der Waals surface area contributed by atoms with Gasteiger partial charge in [-0.15, -0.1) is 5.10 Å². The average Bonchev–Trinajstić information content (AvgIpc) is 3.42. The van der Waals surface area contributed by atoms with Crippen LogP contribution in [0.4, 0.5) is 4.39 Å². The molecule has 2 aromatic heterocycles. The van der Waals surface area contributed by atoms with E-state index in [0.717, 1.165) is 12.0 Å². The van der Waals surface area contributed by atoms with Crippen molar-refractivity contribution in [2.75, 3.05) is 6.54 Å². The van der Waals surface area contributed by atoms with Gasteiger partial charge in [0.2, 0.25) is 11.7 Å². The summed E-state index contributed by atoms with van der Waals surface area (Å²) >= 11 is 0. The maximum Gasteiger partial charge on any atom is 0.287 e. The van der Waals surface area contributed by atoms with Crippen LogP contribution in [0.2, 0.25) is 0 Å². The Balaban J connectivity index is 1.50. The van der Waals surface area contributed by atoms with Crippen molar-refractivity contribution in [1.82, 2.24) is 25.6 Å². The van der Waals surface area contributed by atoms with Crippen molar-refractivity contribution in [1.29, 1.82) is 5.26 Å². The zero-order valence-corrected chi connectivity index (χ0v) is 16.1. The molecular weight excluding hydrogens is 391 g/mol. The maximum absolute atomic E-state index is 13.1. The number of carbonyl (C=O) groups excluding carboxylic acids is 2. The lowest BCUT2D eigenvalue weighted by Crippen LogP contribution is -2.36. The lowest BCUT2D eigenvalue weighted by atomic mass is 10.0. The Hall–Kier alpha value is -4.00. The van der Waals surface area contributed by atoms with Crippen LogP contribution >= 0.6 is 0 Å². The zero-order chi connectivity index (χ0) is 21.5. The van der Waals surface area contributed by atoms with Crippen LogP contribution in [-0.2, 0) is 11.3 Å². The molecule has 2 amide bonds. The van der Waals surface area contributed by atoms with Gasteiger partial charge in [0.05, 0.1) is 25.3 Å². The Kier molecular flexibility index (Phi) is 6.54. The van der Waals surface area contributed by atoms with Crippen molar-refractivity contribution < 1.29 is 18.4 Å². The summed E-state index contributed by atoms with van der Waals surface area (Å²) in [5, 5.41) is 21.9. The van der Waals surface area contributed by atoms with Gasteiger partial charge < -0.3 is 15.1 Å². The second-order valence-electron chi connectivity index (χ2n) is 6.40. The number of nitriles is 1. The topological polar surface area (TPSA) is 126 Å². The summed E-state index contributed by atoms with van der Waals surface area (Å²) in [7, 11) is 0. The van der Waals surface area contributed by atoms with Crippen molar-refractivity contribution in [3.8, 4) is 6.07 Å². The van der Waals surface area contributed by atoms with Gasteiger partial charge in [-0.2, -0.15) is 5.26 Å². The Morgan fingerprint density at radius 2 is 2.00 bits per heavy atom. The lowest BCUT2D eigenvalue weighted by molar-refractivity contribution is -0.120. The molecule has 0 aliphatic carbocycles. The first-order valence-electron chi connectivity index (χ1n) is 9.21. The average molecular weight is 410 g/mol. The van der Waals surface area contributed by atoms with Crippen molar-refractivity contribution >= 4 is 11.8 Å². The minimum Gasteiger partial charge on any atom is -0.440 e. The monoisotopic (exact) mass is 410 g/mol. The molecule has 3 aromatic rings. The molecule has 0 spiro atoms. The summed E-state index contributed by atoms with van der Waals surface area (Å²) in [6, 6.07) is 10.6. The molecule has 1 atom stereocenters. The van der Waals surface area contributed by atoms with E-state index in [4.69, 9.17) is 9.68 Å². The van der Waals surface area contributed by atoms with E-state index in [9.17, 15) is 14.0 Å². The fourth-order valence-corrected chi connectivity index (χ4v) is 2.83. The third-order valence-electron chi connectivity index (χ3n) is 4.33. The molecule has 10 heteroatoms. The standard InChI is InChI=1S/C20H19FN6O3/c1-2-17(13-3-5-14(21)6-4-13)27-12-15(25-26-27)10-23-19(28)11-24-20(29)18-8-7-16(9-22)30-18/h3-8,12,17H,2,10-11H2,1H3,(H,23,28)(H,24,29)/t17-/m1/s1. The van der Waals surface area contributed by atoms with Crippen molar-refractivity contribution in [2.45, 2.75) is 25.9 Å². The second kappa shape index (κ2) is 9.47. The molecule has 3 rings (SSSR count). The number of furan rings is 1. The Labute approximate surface area is 171 Å². The van der Waals surface area contributed by atoms with Gasteiger partial charge >= 0.3 is 0 Å². The lowest BCUT2D eigenvalue weighted by Gasteiger charge is -2.15. The molecule has 2 heterocycles. The number of amides is 2. The second-order valence-corrected chi connectivity index (χ2v) is 6.40. The summed E-state index contributed by atoms with van der Waals surface area (Å²) in [6.07, 6.45) is 2.44. The summed E-state index contributed by atoms with van der Waals surface area (Å²) in [5.74, 6) is -1.36. The number of nitrogens with one attached hydrogen (secondary N) is 2. The Morgan fingerprint density at radius 1 is 1.23 bits per heavy atom. The first-order chi connectivity index (χ1) is 14.5. The van der Waals surface area contributed by atoms with Gasteiger partial charge in [0.15, 0.2) is 5.76 Å². The number of rotatable bonds is 8. The first-order valence-corrected chi connectivity index (χ1v) is 9.21. The first kappa shape index (κ1) is 20.7. The largest absolute Gasteiger partial charge is 0.440 e. The van der Waals surface area contributed by atoms with Crippen LogP contribution in [-0.4, -0.2) is 33.4 Å². The van der Waals surface area contributed by atoms with E-state index in [1.165, 1.54) is 24.3 Å². The van der Waals surface area contributed by atoms with Crippen LogP contribution < -0.4 is 10.6 Å². The van der Waals surface area contributed by atoms with Gasteiger partial charge in [-0.25, -0.2) is 9.07 Å². The Morgan fingerprint density at radius 3 is 2.67 bits per heavy atom. The molecule has 30 heavy (non-hydrogen) atoms. The van der Waals surface area contributed by atoms with Gasteiger partial charge in [-0.05, 0) is 36.2 Å². The highest BCUT2D eigenvalue weighted by Crippen LogP contribution is 2.21. The van der Waals surface area contributed by atoms with E-state index >= 15 is 0 Å². The minimum absolute atomic E-state index is 0.0127. The van der Waals surface area contributed by atoms with Gasteiger partial charge in [0.1, 0.15) is 17.6 Å². The van der Waals surface area contributed by atoms with Crippen LogP contribution in [0.3, 0.4) is 0 Å². The van der Waals surface area contributed by atoms with Gasteiger partial charge in [0.25, 0.3) is 5.91 Å². The quantitative estimate of drug-likeness (QED) is 0.584. The zero-order valence-electron chi connectivity index (χ0n) is 16.1. The summed E-state index contributed by atoms with van der Waals surface area (Å²) in [4.78, 5) is 23.8. The van der Waals surface area contributed by atoms with Crippen molar-refractivity contribution in [2.24, 2.45) is 0 Å². The number of aromatic nitrogens is 3.